The van der Waals surface area contributed by atoms with E-state index >= 15 is 0 Å². The van der Waals surface area contributed by atoms with Gasteiger partial charge in [0.25, 0.3) is 0 Å². The molecular formula is C3H7NO2S2. The third kappa shape index (κ3) is 2.46. The van der Waals surface area contributed by atoms with E-state index in [1.165, 1.54) is 6.92 Å². The van der Waals surface area contributed by atoms with Crippen molar-refractivity contribution in [2.45, 2.75) is 13.2 Å². The van der Waals surface area contributed by atoms with Crippen LogP contribution >= 0.6 is 24.8 Å². The second-order valence-electron chi connectivity index (χ2n) is 1.26. The predicted molar refractivity (Wildman–Crippen MR) is 36.9 cm³/mol. The SMILES string of the molecule is C[C@@H](O)N(O)C(=S)S. The predicted octanol–water partition coefficient (Wildman–Crippen LogP) is 0.231. The maximum atomic E-state index is 8.57. The van der Waals surface area contributed by atoms with Gasteiger partial charge in [0.05, 0.1) is 0 Å². The quantitative estimate of drug-likeness (QED) is 0.218. The van der Waals surface area contributed by atoms with E-state index in [0.29, 0.717) is 5.06 Å². The Morgan fingerprint density at radius 1 is 1.88 bits per heavy atom. The van der Waals surface area contributed by atoms with Gasteiger partial charge in [0.15, 0.2) is 4.32 Å². The van der Waals surface area contributed by atoms with Crippen LogP contribution in [0.4, 0.5) is 0 Å². The van der Waals surface area contributed by atoms with E-state index in [-0.39, 0.29) is 4.32 Å². The van der Waals surface area contributed by atoms with Crippen LogP contribution in [0, 0.1) is 0 Å². The van der Waals surface area contributed by atoms with Crippen LogP contribution in [0.1, 0.15) is 6.92 Å². The van der Waals surface area contributed by atoms with Crippen molar-refractivity contribution in [2.24, 2.45) is 0 Å². The van der Waals surface area contributed by atoms with Crippen LogP contribution in [-0.2, 0) is 0 Å². The Kier molecular flexibility index (Phi) is 3.30. The van der Waals surface area contributed by atoms with Gasteiger partial charge in [-0.05, 0) is 6.92 Å². The number of hydrogen-bond donors (Lipinski definition) is 3. The highest BCUT2D eigenvalue weighted by atomic mass is 32.1. The Balaban J connectivity index is 3.64. The topological polar surface area (TPSA) is 43.7 Å². The lowest BCUT2D eigenvalue weighted by Gasteiger charge is -2.16. The van der Waals surface area contributed by atoms with Crippen LogP contribution in [0.15, 0.2) is 0 Å². The van der Waals surface area contributed by atoms with Crippen LogP contribution in [0.5, 0.6) is 0 Å². The zero-order valence-corrected chi connectivity index (χ0v) is 5.99. The van der Waals surface area contributed by atoms with Gasteiger partial charge in [0, 0.05) is 0 Å². The lowest BCUT2D eigenvalue weighted by atomic mass is 10.7. The summed E-state index contributed by atoms with van der Waals surface area (Å²) < 4.78 is -0.0417. The molecule has 0 radical (unpaired) electrons. The Morgan fingerprint density at radius 2 is 2.25 bits per heavy atom. The number of thiocarbonyl (C=S) groups is 1. The number of aliphatic hydroxyl groups excluding tert-OH is 1. The fourth-order valence-electron chi connectivity index (χ4n) is 0.160. The number of hydrogen-bond acceptors (Lipinski definition) is 3. The normalized spacial score (nSPS) is 13.0. The fraction of sp³-hybridized carbons (Fsp3) is 0.667. The summed E-state index contributed by atoms with van der Waals surface area (Å²) in [7, 11) is 0. The number of rotatable bonds is 1. The van der Waals surface area contributed by atoms with Gasteiger partial charge >= 0.3 is 0 Å². The molecule has 0 spiro atoms. The Morgan fingerprint density at radius 3 is 2.25 bits per heavy atom. The van der Waals surface area contributed by atoms with Crippen molar-refractivity contribution in [3.63, 3.8) is 0 Å². The van der Waals surface area contributed by atoms with Crippen molar-refractivity contribution < 1.29 is 10.3 Å². The van der Waals surface area contributed by atoms with E-state index in [1.54, 1.807) is 0 Å². The summed E-state index contributed by atoms with van der Waals surface area (Å²) in [5.74, 6) is 0. The van der Waals surface area contributed by atoms with Crippen LogP contribution in [0.2, 0.25) is 0 Å². The first-order valence-corrected chi connectivity index (χ1v) is 2.80. The van der Waals surface area contributed by atoms with Crippen LogP contribution in [0.3, 0.4) is 0 Å². The number of thiol groups is 1. The molecule has 0 aliphatic heterocycles. The van der Waals surface area contributed by atoms with Gasteiger partial charge in [-0.15, -0.1) is 12.6 Å². The van der Waals surface area contributed by atoms with Gasteiger partial charge in [-0.2, -0.15) is 0 Å². The third-order valence-corrected chi connectivity index (χ3v) is 0.942. The number of nitrogens with zero attached hydrogens (tertiary/aromatic N) is 1. The molecule has 0 unspecified atom stereocenters. The molecular weight excluding hydrogens is 146 g/mol. The molecule has 0 bridgehead atoms. The molecule has 3 nitrogen and oxygen atoms in total. The van der Waals surface area contributed by atoms with Gasteiger partial charge in [-0.3, -0.25) is 5.21 Å². The Labute approximate surface area is 58.3 Å². The molecule has 0 aliphatic rings. The van der Waals surface area contributed by atoms with Gasteiger partial charge in [-0.25, -0.2) is 5.06 Å². The van der Waals surface area contributed by atoms with E-state index < -0.39 is 6.23 Å². The molecule has 0 rings (SSSR count). The lowest BCUT2D eigenvalue weighted by Crippen LogP contribution is -2.31. The number of aliphatic hydroxyl groups is 1. The molecule has 0 aromatic heterocycles. The molecule has 5 heteroatoms. The maximum Gasteiger partial charge on any atom is 0.160 e. The molecule has 48 valence electrons. The molecule has 0 amide bonds. The highest BCUT2D eigenvalue weighted by Crippen LogP contribution is 1.95. The Hall–Kier alpha value is 0.160. The van der Waals surface area contributed by atoms with Crippen molar-refractivity contribution in [1.29, 1.82) is 0 Å². The summed E-state index contributed by atoms with van der Waals surface area (Å²) in [6.45, 7) is 1.38. The van der Waals surface area contributed by atoms with E-state index in [1.807, 2.05) is 0 Å². The maximum absolute atomic E-state index is 8.57. The van der Waals surface area contributed by atoms with E-state index in [2.05, 4.69) is 24.8 Å². The summed E-state index contributed by atoms with van der Waals surface area (Å²) >= 11 is 7.95. The number of hydroxylamine groups is 2. The van der Waals surface area contributed by atoms with Gasteiger partial charge < -0.3 is 5.11 Å². The molecule has 0 heterocycles. The van der Waals surface area contributed by atoms with E-state index in [0.717, 1.165) is 0 Å². The minimum Gasteiger partial charge on any atom is -0.372 e. The molecule has 0 saturated heterocycles. The van der Waals surface area contributed by atoms with Crippen molar-refractivity contribution in [1.82, 2.24) is 5.06 Å². The van der Waals surface area contributed by atoms with Crippen molar-refractivity contribution >= 4 is 29.2 Å². The average molecular weight is 153 g/mol. The van der Waals surface area contributed by atoms with Crippen LogP contribution in [-0.4, -0.2) is 25.9 Å². The first kappa shape index (κ1) is 8.16. The zero-order valence-electron chi connectivity index (χ0n) is 4.27. The second kappa shape index (κ2) is 3.24. The molecule has 0 fully saturated rings. The molecule has 0 aromatic carbocycles. The molecule has 2 N–H and O–H groups in total. The van der Waals surface area contributed by atoms with Gasteiger partial charge in [0.1, 0.15) is 6.23 Å². The monoisotopic (exact) mass is 153 g/mol. The molecule has 0 aromatic rings. The summed E-state index contributed by atoms with van der Waals surface area (Å²) in [4.78, 5) is 0. The summed E-state index contributed by atoms with van der Waals surface area (Å²) in [5, 5.41) is 17.6. The first-order chi connectivity index (χ1) is 3.55. The highest BCUT2D eigenvalue weighted by Gasteiger charge is 2.05. The zero-order chi connectivity index (χ0) is 6.73. The summed E-state index contributed by atoms with van der Waals surface area (Å²) in [6.07, 6.45) is -0.986. The molecule has 0 aliphatic carbocycles. The van der Waals surface area contributed by atoms with Crippen molar-refractivity contribution in [3.8, 4) is 0 Å². The average Bonchev–Trinajstić information content (AvgIpc) is 1.64. The smallest absolute Gasteiger partial charge is 0.160 e. The van der Waals surface area contributed by atoms with Gasteiger partial charge in [0.2, 0.25) is 0 Å². The van der Waals surface area contributed by atoms with E-state index in [9.17, 15) is 0 Å². The van der Waals surface area contributed by atoms with Crippen LogP contribution < -0.4 is 0 Å². The van der Waals surface area contributed by atoms with Gasteiger partial charge in [-0.1, -0.05) is 12.2 Å². The van der Waals surface area contributed by atoms with Crippen molar-refractivity contribution in [2.75, 3.05) is 0 Å². The Bertz CT molecular complexity index is 95.3. The van der Waals surface area contributed by atoms with E-state index in [4.69, 9.17) is 10.3 Å². The standard InChI is InChI=1S/C3H7NO2S2/c1-2(5)4(6)3(7)8/h2,5-6H,1H3,(H,7,8)/t2-/m1/s1. The fourth-order valence-corrected chi connectivity index (χ4v) is 0.479. The summed E-state index contributed by atoms with van der Waals surface area (Å²) in [5.41, 5.74) is 0. The molecule has 1 atom stereocenters. The summed E-state index contributed by atoms with van der Waals surface area (Å²) in [6, 6.07) is 0. The minimum absolute atomic E-state index is 0.0417. The minimum atomic E-state index is -0.986. The largest absolute Gasteiger partial charge is 0.372 e. The highest BCUT2D eigenvalue weighted by molar-refractivity contribution is 8.10. The molecule has 8 heavy (non-hydrogen) atoms. The van der Waals surface area contributed by atoms with Crippen molar-refractivity contribution in [3.05, 3.63) is 0 Å². The second-order valence-corrected chi connectivity index (χ2v) is 2.37. The third-order valence-electron chi connectivity index (χ3n) is 0.550. The lowest BCUT2D eigenvalue weighted by molar-refractivity contribution is -0.123. The van der Waals surface area contributed by atoms with Crippen LogP contribution in [0.25, 0.3) is 0 Å². The molecule has 0 saturated carbocycles. The first-order valence-electron chi connectivity index (χ1n) is 1.95.